The first-order valence-electron chi connectivity index (χ1n) is 9.80. The van der Waals surface area contributed by atoms with Gasteiger partial charge in [-0.2, -0.15) is 0 Å². The topological polar surface area (TPSA) is 38.7 Å². The maximum absolute atomic E-state index is 9.70. The van der Waals surface area contributed by atoms with E-state index >= 15 is 0 Å². The molecule has 1 atom stereocenters. The third-order valence-electron chi connectivity index (χ3n) is 4.82. The Kier molecular flexibility index (Phi) is 7.63. The summed E-state index contributed by atoms with van der Waals surface area (Å²) in [6.07, 6.45) is 13.5. The van der Waals surface area contributed by atoms with E-state index in [9.17, 15) is 5.11 Å². The van der Waals surface area contributed by atoms with Crippen LogP contribution in [0.4, 0.5) is 0 Å². The number of hydrogen-bond donors (Lipinski definition) is 1. The molecular weight excluding hydrogens is 360 g/mol. The lowest BCUT2D eigenvalue weighted by molar-refractivity contribution is 0.0906. The van der Waals surface area contributed by atoms with Crippen molar-refractivity contribution in [3.63, 3.8) is 0 Å². The van der Waals surface area contributed by atoms with E-state index in [1.165, 1.54) is 0 Å². The first-order valence-corrected chi connectivity index (χ1v) is 9.80. The largest absolute Gasteiger partial charge is 0.508 e. The van der Waals surface area contributed by atoms with Crippen LogP contribution in [-0.4, -0.2) is 24.4 Å². The number of aromatic hydroxyl groups is 1. The molecule has 3 rings (SSSR count). The zero-order chi connectivity index (χ0) is 21.4. The molecular formula is C26H30O3. The first-order chi connectivity index (χ1) is 14.0. The summed E-state index contributed by atoms with van der Waals surface area (Å²) in [4.78, 5) is 0. The van der Waals surface area contributed by atoms with E-state index in [1.54, 1.807) is 25.3 Å². The Morgan fingerprint density at radius 3 is 2.38 bits per heavy atom. The van der Waals surface area contributed by atoms with Crippen LogP contribution in [-0.2, 0) is 9.47 Å². The molecule has 1 aromatic carbocycles. The maximum Gasteiger partial charge on any atom is 0.127 e. The van der Waals surface area contributed by atoms with E-state index in [1.807, 2.05) is 69.4 Å². The highest BCUT2D eigenvalue weighted by Gasteiger charge is 2.27. The quantitative estimate of drug-likeness (QED) is 0.601. The maximum atomic E-state index is 9.70. The monoisotopic (exact) mass is 390 g/mol. The average Bonchev–Trinajstić information content (AvgIpc) is 2.93. The second-order valence-corrected chi connectivity index (χ2v) is 6.58. The van der Waals surface area contributed by atoms with Gasteiger partial charge in [-0.3, -0.25) is 0 Å². The summed E-state index contributed by atoms with van der Waals surface area (Å²) >= 11 is 0. The van der Waals surface area contributed by atoms with Gasteiger partial charge in [0.1, 0.15) is 23.7 Å². The third kappa shape index (κ3) is 4.87. The van der Waals surface area contributed by atoms with E-state index in [0.29, 0.717) is 6.61 Å². The van der Waals surface area contributed by atoms with Crippen molar-refractivity contribution < 1.29 is 14.6 Å². The highest BCUT2D eigenvalue weighted by molar-refractivity contribution is 5.89. The zero-order valence-electron chi connectivity index (χ0n) is 17.7. The van der Waals surface area contributed by atoms with E-state index in [0.717, 1.165) is 33.6 Å². The summed E-state index contributed by atoms with van der Waals surface area (Å²) in [7, 11) is 1.69. The minimum atomic E-state index is -0.501. The van der Waals surface area contributed by atoms with Crippen LogP contribution < -0.4 is 0 Å². The van der Waals surface area contributed by atoms with Gasteiger partial charge in [0.25, 0.3) is 0 Å². The second-order valence-electron chi connectivity index (χ2n) is 6.58. The minimum absolute atomic E-state index is 0.232. The van der Waals surface area contributed by atoms with E-state index in [4.69, 9.17) is 9.47 Å². The molecule has 2 aliphatic rings. The molecule has 0 bridgehead atoms. The Morgan fingerprint density at radius 1 is 1.14 bits per heavy atom. The summed E-state index contributed by atoms with van der Waals surface area (Å²) in [5, 5.41) is 9.70. The molecule has 1 aliphatic carbocycles. The Labute approximate surface area is 174 Å². The fourth-order valence-corrected chi connectivity index (χ4v) is 3.17. The molecule has 3 heteroatoms. The van der Waals surface area contributed by atoms with Gasteiger partial charge in [0, 0.05) is 18.3 Å². The minimum Gasteiger partial charge on any atom is -0.508 e. The van der Waals surface area contributed by atoms with Gasteiger partial charge in [-0.25, -0.2) is 0 Å². The molecule has 1 aromatic rings. The molecule has 0 amide bonds. The standard InChI is InChI=1S/C24H24O3.C2H6/c1-5-7-17(6-2)21-16-27-22-13-15-24(3,26-4)14-12-20(22)23(21)18-8-10-19(25)11-9-18;1-2/h5-15,25H,1-2,16H2,3-4H3;1-2H3/b17-7+;. The smallest absolute Gasteiger partial charge is 0.127 e. The number of phenols is 1. The highest BCUT2D eigenvalue weighted by atomic mass is 16.5. The molecule has 0 radical (unpaired) electrons. The first kappa shape index (κ1) is 22.3. The predicted molar refractivity (Wildman–Crippen MR) is 122 cm³/mol. The summed E-state index contributed by atoms with van der Waals surface area (Å²) in [5.41, 5.74) is 4.49. The van der Waals surface area contributed by atoms with Gasteiger partial charge in [0.05, 0.1) is 0 Å². The van der Waals surface area contributed by atoms with Crippen molar-refractivity contribution in [2.45, 2.75) is 26.4 Å². The molecule has 0 fully saturated rings. The SMILES string of the molecule is C=C/C=C(\C=C)C1=C(c2ccc(O)cc2)C2=C(C=CC(C)(OC)C=C2)OC1.CC. The van der Waals surface area contributed by atoms with Gasteiger partial charge in [0.15, 0.2) is 0 Å². The molecule has 0 aromatic heterocycles. The van der Waals surface area contributed by atoms with Gasteiger partial charge in [-0.15, -0.1) is 0 Å². The van der Waals surface area contributed by atoms with Crippen LogP contribution in [0, 0.1) is 0 Å². The van der Waals surface area contributed by atoms with Crippen molar-refractivity contribution in [3.05, 3.63) is 108 Å². The molecule has 0 spiro atoms. The molecule has 152 valence electrons. The van der Waals surface area contributed by atoms with Crippen LogP contribution >= 0.6 is 0 Å². The van der Waals surface area contributed by atoms with Gasteiger partial charge < -0.3 is 14.6 Å². The Balaban J connectivity index is 0.00000145. The summed E-state index contributed by atoms with van der Waals surface area (Å²) < 4.78 is 11.7. The molecule has 1 N–H and O–H groups in total. The molecule has 1 heterocycles. The van der Waals surface area contributed by atoms with Crippen LogP contribution in [0.2, 0.25) is 0 Å². The summed E-state index contributed by atoms with van der Waals surface area (Å²) in [6.45, 7) is 14.2. The fraction of sp³-hybridized carbons (Fsp3) is 0.231. The Bertz CT molecular complexity index is 908. The lowest BCUT2D eigenvalue weighted by Gasteiger charge is -2.25. The number of benzene rings is 1. The highest BCUT2D eigenvalue weighted by Crippen LogP contribution is 2.40. The molecule has 1 unspecified atom stereocenters. The van der Waals surface area contributed by atoms with Gasteiger partial charge >= 0.3 is 0 Å². The van der Waals surface area contributed by atoms with Crippen molar-refractivity contribution in [3.8, 4) is 5.75 Å². The van der Waals surface area contributed by atoms with E-state index in [2.05, 4.69) is 13.2 Å². The Morgan fingerprint density at radius 2 is 1.79 bits per heavy atom. The lowest BCUT2D eigenvalue weighted by atomic mass is 9.87. The number of rotatable bonds is 5. The zero-order valence-corrected chi connectivity index (χ0v) is 17.7. The van der Waals surface area contributed by atoms with E-state index in [-0.39, 0.29) is 5.75 Å². The molecule has 0 saturated heterocycles. The number of ether oxygens (including phenoxy) is 2. The van der Waals surface area contributed by atoms with Gasteiger partial charge in [-0.05, 0) is 54.0 Å². The fourth-order valence-electron chi connectivity index (χ4n) is 3.17. The number of methoxy groups -OCH3 is 1. The normalized spacial score (nSPS) is 20.9. The second kappa shape index (κ2) is 9.94. The third-order valence-corrected chi connectivity index (χ3v) is 4.82. The van der Waals surface area contributed by atoms with Crippen molar-refractivity contribution >= 4 is 5.57 Å². The number of phenolic OH excluding ortho intramolecular Hbond substituents is 1. The van der Waals surface area contributed by atoms with Crippen LogP contribution in [0.5, 0.6) is 5.75 Å². The van der Waals surface area contributed by atoms with Crippen molar-refractivity contribution in [2.75, 3.05) is 13.7 Å². The van der Waals surface area contributed by atoms with Crippen molar-refractivity contribution in [1.82, 2.24) is 0 Å². The summed E-state index contributed by atoms with van der Waals surface area (Å²) in [6, 6.07) is 7.20. The number of hydrogen-bond acceptors (Lipinski definition) is 3. The van der Waals surface area contributed by atoms with Crippen molar-refractivity contribution in [1.29, 1.82) is 0 Å². The van der Waals surface area contributed by atoms with E-state index < -0.39 is 5.60 Å². The molecule has 1 aliphatic heterocycles. The van der Waals surface area contributed by atoms with Crippen LogP contribution in [0.15, 0.2) is 102 Å². The van der Waals surface area contributed by atoms with Gasteiger partial charge in [0.2, 0.25) is 0 Å². The van der Waals surface area contributed by atoms with Crippen LogP contribution in [0.3, 0.4) is 0 Å². The predicted octanol–water partition coefficient (Wildman–Crippen LogP) is 6.29. The van der Waals surface area contributed by atoms with Gasteiger partial charge in [-0.1, -0.05) is 63.4 Å². The number of allylic oxidation sites excluding steroid dienone is 7. The lowest BCUT2D eigenvalue weighted by Crippen LogP contribution is -2.20. The molecule has 0 saturated carbocycles. The molecule has 29 heavy (non-hydrogen) atoms. The molecule has 3 nitrogen and oxygen atoms in total. The van der Waals surface area contributed by atoms with Crippen LogP contribution in [0.25, 0.3) is 5.57 Å². The average molecular weight is 391 g/mol. The summed E-state index contributed by atoms with van der Waals surface area (Å²) in [5.74, 6) is 1.02. The van der Waals surface area contributed by atoms with Crippen LogP contribution in [0.1, 0.15) is 26.3 Å². The Hall–Kier alpha value is -3.04. The van der Waals surface area contributed by atoms with Crippen molar-refractivity contribution in [2.24, 2.45) is 0 Å².